The maximum absolute atomic E-state index is 11.4. The Morgan fingerprint density at radius 1 is 1.44 bits per heavy atom. The van der Waals surface area contributed by atoms with E-state index in [4.69, 9.17) is 4.74 Å². The Kier molecular flexibility index (Phi) is 7.02. The second-order valence-electron chi connectivity index (χ2n) is 5.37. The van der Waals surface area contributed by atoms with Crippen molar-refractivity contribution >= 4 is 5.97 Å². The zero-order chi connectivity index (χ0) is 13.4. The van der Waals surface area contributed by atoms with E-state index >= 15 is 0 Å². The maximum Gasteiger partial charge on any atom is 0.333 e. The van der Waals surface area contributed by atoms with Crippen LogP contribution < -0.4 is 5.32 Å². The summed E-state index contributed by atoms with van der Waals surface area (Å²) >= 11 is 0. The molecule has 0 radical (unpaired) electrons. The molecule has 104 valence electrons. The van der Waals surface area contributed by atoms with Crippen molar-refractivity contribution in [3.63, 3.8) is 0 Å². The van der Waals surface area contributed by atoms with E-state index in [0.29, 0.717) is 0 Å². The van der Waals surface area contributed by atoms with Crippen LogP contribution in [0.15, 0.2) is 11.6 Å². The van der Waals surface area contributed by atoms with Gasteiger partial charge in [-0.2, -0.15) is 0 Å². The number of esters is 1. The lowest BCUT2D eigenvalue weighted by Crippen LogP contribution is -2.27. The number of rotatable bonds is 6. The number of hydrogen-bond donors (Lipinski definition) is 1. The SMILES string of the molecule is CCC(=CCNCC1CCCC(C)C1)C(=O)OC. The molecule has 0 aromatic rings. The third-order valence-electron chi connectivity index (χ3n) is 3.80. The largest absolute Gasteiger partial charge is 0.466 e. The highest BCUT2D eigenvalue weighted by atomic mass is 16.5. The lowest BCUT2D eigenvalue weighted by atomic mass is 9.82. The molecule has 1 fully saturated rings. The number of carbonyl (C=O) groups is 1. The molecule has 0 aromatic heterocycles. The van der Waals surface area contributed by atoms with Crippen LogP contribution in [0.2, 0.25) is 0 Å². The highest BCUT2D eigenvalue weighted by molar-refractivity contribution is 5.88. The molecule has 0 aliphatic heterocycles. The molecule has 1 saturated carbocycles. The van der Waals surface area contributed by atoms with Crippen molar-refractivity contribution in [2.75, 3.05) is 20.2 Å². The highest BCUT2D eigenvalue weighted by Crippen LogP contribution is 2.27. The lowest BCUT2D eigenvalue weighted by molar-refractivity contribution is -0.136. The van der Waals surface area contributed by atoms with Crippen molar-refractivity contribution in [1.29, 1.82) is 0 Å². The van der Waals surface area contributed by atoms with E-state index < -0.39 is 0 Å². The molecule has 0 saturated heterocycles. The normalized spacial score (nSPS) is 24.9. The van der Waals surface area contributed by atoms with Gasteiger partial charge in [0.05, 0.1) is 7.11 Å². The summed E-state index contributed by atoms with van der Waals surface area (Å²) in [7, 11) is 1.43. The molecule has 18 heavy (non-hydrogen) atoms. The van der Waals surface area contributed by atoms with E-state index in [1.165, 1.54) is 32.8 Å². The summed E-state index contributed by atoms with van der Waals surface area (Å²) in [5.74, 6) is 1.48. The fraction of sp³-hybridized carbons (Fsp3) is 0.800. The summed E-state index contributed by atoms with van der Waals surface area (Å²) < 4.78 is 4.73. The number of nitrogens with one attached hydrogen (secondary N) is 1. The van der Waals surface area contributed by atoms with Crippen molar-refractivity contribution in [2.24, 2.45) is 11.8 Å². The van der Waals surface area contributed by atoms with Crippen LogP contribution in [0.25, 0.3) is 0 Å². The number of methoxy groups -OCH3 is 1. The number of hydrogen-bond acceptors (Lipinski definition) is 3. The van der Waals surface area contributed by atoms with Crippen LogP contribution in [0.4, 0.5) is 0 Å². The molecule has 0 aromatic carbocycles. The quantitative estimate of drug-likeness (QED) is 0.449. The van der Waals surface area contributed by atoms with Crippen LogP contribution in [-0.4, -0.2) is 26.2 Å². The minimum absolute atomic E-state index is 0.203. The van der Waals surface area contributed by atoms with E-state index in [-0.39, 0.29) is 5.97 Å². The third kappa shape index (κ3) is 5.21. The summed E-state index contributed by atoms with van der Waals surface area (Å²) in [5.41, 5.74) is 0.766. The molecule has 1 aliphatic carbocycles. The topological polar surface area (TPSA) is 38.3 Å². The molecular weight excluding hydrogens is 226 g/mol. The van der Waals surface area contributed by atoms with Gasteiger partial charge in [-0.3, -0.25) is 0 Å². The summed E-state index contributed by atoms with van der Waals surface area (Å²) in [6.45, 7) is 6.16. The Morgan fingerprint density at radius 2 is 2.22 bits per heavy atom. The highest BCUT2D eigenvalue weighted by Gasteiger charge is 2.18. The lowest BCUT2D eigenvalue weighted by Gasteiger charge is -2.26. The number of carbonyl (C=O) groups excluding carboxylic acids is 1. The molecule has 1 rings (SSSR count). The Hall–Kier alpha value is -0.830. The van der Waals surface area contributed by atoms with Crippen LogP contribution in [0.3, 0.4) is 0 Å². The van der Waals surface area contributed by atoms with Gasteiger partial charge in [0.2, 0.25) is 0 Å². The fourth-order valence-corrected chi connectivity index (χ4v) is 2.73. The second kappa shape index (κ2) is 8.30. The van der Waals surface area contributed by atoms with Crippen LogP contribution >= 0.6 is 0 Å². The minimum atomic E-state index is -0.203. The number of ether oxygens (including phenoxy) is 1. The smallest absolute Gasteiger partial charge is 0.333 e. The minimum Gasteiger partial charge on any atom is -0.466 e. The first-order chi connectivity index (χ1) is 8.67. The van der Waals surface area contributed by atoms with Gasteiger partial charge in [0, 0.05) is 12.1 Å². The van der Waals surface area contributed by atoms with Gasteiger partial charge in [0.15, 0.2) is 0 Å². The molecule has 3 heteroatoms. The Bertz CT molecular complexity index is 286. The molecule has 3 nitrogen and oxygen atoms in total. The second-order valence-corrected chi connectivity index (χ2v) is 5.37. The van der Waals surface area contributed by atoms with Crippen molar-refractivity contribution < 1.29 is 9.53 Å². The Morgan fingerprint density at radius 3 is 2.83 bits per heavy atom. The summed E-state index contributed by atoms with van der Waals surface area (Å²) in [5, 5.41) is 3.44. The molecule has 1 aliphatic rings. The molecule has 2 unspecified atom stereocenters. The average Bonchev–Trinajstić information content (AvgIpc) is 2.38. The Balaban J connectivity index is 2.24. The van der Waals surface area contributed by atoms with E-state index in [9.17, 15) is 4.79 Å². The van der Waals surface area contributed by atoms with E-state index in [2.05, 4.69) is 12.2 Å². The first-order valence-corrected chi connectivity index (χ1v) is 7.15. The standard InChI is InChI=1S/C15H27NO2/c1-4-14(15(17)18-3)8-9-16-11-13-7-5-6-12(2)10-13/h8,12-13,16H,4-7,9-11H2,1-3H3. The monoisotopic (exact) mass is 253 g/mol. The molecular formula is C15H27NO2. The molecule has 0 heterocycles. The summed E-state index contributed by atoms with van der Waals surface area (Å²) in [6.07, 6.45) is 8.13. The van der Waals surface area contributed by atoms with Crippen molar-refractivity contribution in [3.8, 4) is 0 Å². The van der Waals surface area contributed by atoms with Gasteiger partial charge < -0.3 is 10.1 Å². The predicted octanol–water partition coefficient (Wildman–Crippen LogP) is 2.91. The van der Waals surface area contributed by atoms with Gasteiger partial charge >= 0.3 is 5.97 Å². The zero-order valence-corrected chi connectivity index (χ0v) is 12.0. The van der Waals surface area contributed by atoms with Crippen molar-refractivity contribution in [3.05, 3.63) is 11.6 Å². The Labute approximate surface area is 111 Å². The average molecular weight is 253 g/mol. The molecule has 2 atom stereocenters. The van der Waals surface area contributed by atoms with Crippen molar-refractivity contribution in [2.45, 2.75) is 46.0 Å². The van der Waals surface area contributed by atoms with E-state index in [0.717, 1.165) is 36.9 Å². The van der Waals surface area contributed by atoms with Crippen LogP contribution in [-0.2, 0) is 9.53 Å². The first-order valence-electron chi connectivity index (χ1n) is 7.15. The van der Waals surface area contributed by atoms with E-state index in [1.807, 2.05) is 13.0 Å². The molecule has 0 bridgehead atoms. The first kappa shape index (κ1) is 15.2. The third-order valence-corrected chi connectivity index (χ3v) is 3.80. The van der Waals surface area contributed by atoms with Gasteiger partial charge in [0.25, 0.3) is 0 Å². The van der Waals surface area contributed by atoms with E-state index in [1.54, 1.807) is 0 Å². The molecule has 1 N–H and O–H groups in total. The van der Waals surface area contributed by atoms with Gasteiger partial charge in [-0.05, 0) is 37.6 Å². The fourth-order valence-electron chi connectivity index (χ4n) is 2.73. The van der Waals surface area contributed by atoms with Crippen LogP contribution in [0.5, 0.6) is 0 Å². The van der Waals surface area contributed by atoms with Crippen molar-refractivity contribution in [1.82, 2.24) is 5.32 Å². The summed E-state index contributed by atoms with van der Waals surface area (Å²) in [4.78, 5) is 11.4. The summed E-state index contributed by atoms with van der Waals surface area (Å²) in [6, 6.07) is 0. The maximum atomic E-state index is 11.4. The van der Waals surface area contributed by atoms with Gasteiger partial charge in [-0.1, -0.05) is 32.8 Å². The van der Waals surface area contributed by atoms with Crippen LogP contribution in [0.1, 0.15) is 46.0 Å². The van der Waals surface area contributed by atoms with Gasteiger partial charge in [0.1, 0.15) is 0 Å². The van der Waals surface area contributed by atoms with Gasteiger partial charge in [-0.15, -0.1) is 0 Å². The molecule has 0 amide bonds. The predicted molar refractivity (Wildman–Crippen MR) is 74.4 cm³/mol. The molecule has 0 spiro atoms. The van der Waals surface area contributed by atoms with Crippen LogP contribution in [0, 0.1) is 11.8 Å². The van der Waals surface area contributed by atoms with Gasteiger partial charge in [-0.25, -0.2) is 4.79 Å². The zero-order valence-electron chi connectivity index (χ0n) is 12.0.